The van der Waals surface area contributed by atoms with Gasteiger partial charge in [-0.3, -0.25) is 4.79 Å². The van der Waals surface area contributed by atoms with Gasteiger partial charge in [0.1, 0.15) is 17.7 Å². The minimum absolute atomic E-state index is 0.00733. The van der Waals surface area contributed by atoms with E-state index >= 15 is 0 Å². The fourth-order valence-corrected chi connectivity index (χ4v) is 2.26. The number of hydrogen-bond donors (Lipinski definition) is 2. The molecule has 5 nitrogen and oxygen atoms in total. The van der Waals surface area contributed by atoms with Gasteiger partial charge in [-0.25, -0.2) is 0 Å². The minimum Gasteiger partial charge on any atom is -0.360 e. The second-order valence-corrected chi connectivity index (χ2v) is 5.30. The van der Waals surface area contributed by atoms with E-state index in [-0.39, 0.29) is 16.9 Å². The molecule has 0 bridgehead atoms. The molecule has 100 valence electrons. The maximum absolute atomic E-state index is 11.7. The van der Waals surface area contributed by atoms with E-state index in [1.807, 2.05) is 26.0 Å². The van der Waals surface area contributed by atoms with Gasteiger partial charge in [-0.1, -0.05) is 19.9 Å². The zero-order chi connectivity index (χ0) is 14.8. The summed E-state index contributed by atoms with van der Waals surface area (Å²) >= 11 is 0. The molecule has 1 aromatic carbocycles. The van der Waals surface area contributed by atoms with Crippen LogP contribution in [-0.2, 0) is 10.2 Å². The molecular formula is C15H14N4O. The Kier molecular flexibility index (Phi) is 3.45. The van der Waals surface area contributed by atoms with Crippen molar-refractivity contribution >= 4 is 17.3 Å². The molecule has 1 amide bonds. The molecule has 1 aliphatic rings. The minimum atomic E-state index is -0.198. The number of nitrogens with one attached hydrogen (secondary N) is 2. The number of nitriles is 2. The summed E-state index contributed by atoms with van der Waals surface area (Å²) in [5.41, 5.74) is 2.35. The predicted molar refractivity (Wildman–Crippen MR) is 75.6 cm³/mol. The van der Waals surface area contributed by atoms with Gasteiger partial charge in [0.15, 0.2) is 0 Å². The van der Waals surface area contributed by atoms with Gasteiger partial charge < -0.3 is 10.6 Å². The van der Waals surface area contributed by atoms with E-state index in [2.05, 4.69) is 10.6 Å². The number of allylic oxidation sites excluding steroid dienone is 1. The lowest BCUT2D eigenvalue weighted by atomic mass is 9.78. The van der Waals surface area contributed by atoms with Crippen molar-refractivity contribution in [3.63, 3.8) is 0 Å². The smallest absolute Gasteiger partial charge is 0.225 e. The number of carbonyl (C=O) groups excluding carboxylic acids is 1. The third kappa shape index (κ3) is 2.62. The molecular weight excluding hydrogens is 252 g/mol. The zero-order valence-electron chi connectivity index (χ0n) is 11.3. The van der Waals surface area contributed by atoms with Crippen molar-refractivity contribution in [3.05, 3.63) is 35.5 Å². The highest BCUT2D eigenvalue weighted by molar-refractivity contribution is 5.96. The van der Waals surface area contributed by atoms with Crippen LogP contribution >= 0.6 is 0 Å². The van der Waals surface area contributed by atoms with Gasteiger partial charge in [0.05, 0.1) is 0 Å². The van der Waals surface area contributed by atoms with Crippen molar-refractivity contribution in [1.29, 1.82) is 10.5 Å². The first-order valence-electron chi connectivity index (χ1n) is 6.17. The van der Waals surface area contributed by atoms with Crippen LogP contribution < -0.4 is 10.6 Å². The number of rotatable bonds is 2. The Labute approximate surface area is 117 Å². The van der Waals surface area contributed by atoms with E-state index < -0.39 is 0 Å². The van der Waals surface area contributed by atoms with Crippen molar-refractivity contribution in [2.75, 3.05) is 10.6 Å². The predicted octanol–water partition coefficient (Wildman–Crippen LogP) is 2.65. The number of benzene rings is 1. The van der Waals surface area contributed by atoms with E-state index in [0.717, 1.165) is 11.3 Å². The lowest BCUT2D eigenvalue weighted by Crippen LogP contribution is -2.32. The van der Waals surface area contributed by atoms with Gasteiger partial charge in [-0.05, 0) is 17.7 Å². The van der Waals surface area contributed by atoms with Crippen LogP contribution in [0.25, 0.3) is 0 Å². The molecule has 1 aromatic rings. The highest BCUT2D eigenvalue weighted by atomic mass is 16.1. The van der Waals surface area contributed by atoms with Crippen molar-refractivity contribution in [3.8, 4) is 12.1 Å². The SMILES string of the molecule is CC1(C)CC(=O)Nc2cc(NC=C(C#N)C#N)ccc21. The van der Waals surface area contributed by atoms with Crippen LogP contribution in [0.5, 0.6) is 0 Å². The Hall–Kier alpha value is -2.79. The molecule has 5 heteroatoms. The molecule has 20 heavy (non-hydrogen) atoms. The zero-order valence-corrected chi connectivity index (χ0v) is 11.3. The van der Waals surface area contributed by atoms with Gasteiger partial charge in [-0.15, -0.1) is 0 Å². The van der Waals surface area contributed by atoms with E-state index in [4.69, 9.17) is 10.5 Å². The number of nitrogens with zero attached hydrogens (tertiary/aromatic N) is 2. The Bertz CT molecular complexity index is 658. The van der Waals surface area contributed by atoms with Crippen LogP contribution in [0.1, 0.15) is 25.8 Å². The molecule has 0 spiro atoms. The Morgan fingerprint density at radius 1 is 1.40 bits per heavy atom. The molecule has 0 saturated heterocycles. The summed E-state index contributed by atoms with van der Waals surface area (Å²) < 4.78 is 0. The second-order valence-electron chi connectivity index (χ2n) is 5.30. The molecule has 0 aliphatic carbocycles. The highest BCUT2D eigenvalue weighted by Crippen LogP contribution is 2.38. The summed E-state index contributed by atoms with van der Waals surface area (Å²) in [6.45, 7) is 4.06. The van der Waals surface area contributed by atoms with Gasteiger partial charge in [0, 0.05) is 29.4 Å². The Balaban J connectivity index is 2.32. The van der Waals surface area contributed by atoms with E-state index in [9.17, 15) is 4.79 Å². The Morgan fingerprint density at radius 3 is 2.75 bits per heavy atom. The molecule has 0 unspecified atom stereocenters. The maximum atomic E-state index is 11.7. The maximum Gasteiger partial charge on any atom is 0.225 e. The molecule has 0 atom stereocenters. The molecule has 0 radical (unpaired) electrons. The molecule has 2 N–H and O–H groups in total. The highest BCUT2D eigenvalue weighted by Gasteiger charge is 2.31. The van der Waals surface area contributed by atoms with Gasteiger partial charge >= 0.3 is 0 Å². The van der Waals surface area contributed by atoms with Crippen LogP contribution in [0.2, 0.25) is 0 Å². The summed E-state index contributed by atoms with van der Waals surface area (Å²) in [5, 5.41) is 23.0. The normalized spacial score (nSPS) is 15.1. The average Bonchev–Trinajstić information content (AvgIpc) is 2.38. The van der Waals surface area contributed by atoms with Crippen LogP contribution in [0.15, 0.2) is 30.0 Å². The number of hydrogen-bond acceptors (Lipinski definition) is 4. The van der Waals surface area contributed by atoms with Crippen LogP contribution in [0.3, 0.4) is 0 Å². The summed E-state index contributed by atoms with van der Waals surface area (Å²) in [6.07, 6.45) is 1.80. The Morgan fingerprint density at radius 2 is 2.10 bits per heavy atom. The standard InChI is InChI=1S/C15H14N4O/c1-15(2)6-14(20)19-13-5-11(3-4-12(13)15)18-9-10(7-16)8-17/h3-5,9,18H,6H2,1-2H3,(H,19,20). The first kappa shape index (κ1) is 13.6. The summed E-state index contributed by atoms with van der Waals surface area (Å²) in [4.78, 5) is 11.7. The van der Waals surface area contributed by atoms with Crippen molar-refractivity contribution in [2.24, 2.45) is 0 Å². The summed E-state index contributed by atoms with van der Waals surface area (Å²) in [6, 6.07) is 9.16. The van der Waals surface area contributed by atoms with Crippen molar-refractivity contribution in [1.82, 2.24) is 0 Å². The second kappa shape index (κ2) is 5.07. The molecule has 0 saturated carbocycles. The summed E-state index contributed by atoms with van der Waals surface area (Å²) in [5.74, 6) is -0.00932. The quantitative estimate of drug-likeness (QED) is 0.805. The molecule has 0 aromatic heterocycles. The first-order chi connectivity index (χ1) is 9.46. The van der Waals surface area contributed by atoms with Crippen molar-refractivity contribution < 1.29 is 4.79 Å². The first-order valence-corrected chi connectivity index (χ1v) is 6.17. The summed E-state index contributed by atoms with van der Waals surface area (Å²) in [7, 11) is 0. The van der Waals surface area contributed by atoms with E-state index in [0.29, 0.717) is 12.1 Å². The van der Waals surface area contributed by atoms with Gasteiger partial charge in [0.25, 0.3) is 0 Å². The third-order valence-corrected chi connectivity index (χ3v) is 3.25. The average molecular weight is 266 g/mol. The molecule has 1 aliphatic heterocycles. The number of carbonyl (C=O) groups is 1. The number of anilines is 2. The van der Waals surface area contributed by atoms with Gasteiger partial charge in [-0.2, -0.15) is 10.5 Å². The van der Waals surface area contributed by atoms with Crippen molar-refractivity contribution in [2.45, 2.75) is 25.7 Å². The lowest BCUT2D eigenvalue weighted by Gasteiger charge is -2.32. The fraction of sp³-hybridized carbons (Fsp3) is 0.267. The van der Waals surface area contributed by atoms with Gasteiger partial charge in [0.2, 0.25) is 5.91 Å². The van der Waals surface area contributed by atoms with Crippen LogP contribution in [0.4, 0.5) is 11.4 Å². The number of amides is 1. The van der Waals surface area contributed by atoms with Crippen LogP contribution in [0, 0.1) is 22.7 Å². The molecule has 0 fully saturated rings. The lowest BCUT2D eigenvalue weighted by molar-refractivity contribution is -0.117. The third-order valence-electron chi connectivity index (χ3n) is 3.25. The monoisotopic (exact) mass is 266 g/mol. The molecule has 1 heterocycles. The topological polar surface area (TPSA) is 88.7 Å². The van der Waals surface area contributed by atoms with E-state index in [1.54, 1.807) is 18.2 Å². The van der Waals surface area contributed by atoms with Crippen LogP contribution in [-0.4, -0.2) is 5.91 Å². The largest absolute Gasteiger partial charge is 0.360 e. The molecule has 2 rings (SSSR count). The number of fused-ring (bicyclic) bond motifs is 1. The van der Waals surface area contributed by atoms with E-state index in [1.165, 1.54) is 6.20 Å². The fourth-order valence-electron chi connectivity index (χ4n) is 2.26.